The summed E-state index contributed by atoms with van der Waals surface area (Å²) in [5.74, 6) is 2.44. The van der Waals surface area contributed by atoms with E-state index in [1.807, 2.05) is 74.0 Å². The zero-order valence-corrected chi connectivity index (χ0v) is 28.8. The Kier molecular flexibility index (Phi) is 7.85. The number of rotatable bonds is 6. The van der Waals surface area contributed by atoms with Gasteiger partial charge in [0, 0.05) is 69.4 Å². The number of hydrogen-bond acceptors (Lipinski definition) is 9. The lowest BCUT2D eigenvalue weighted by Gasteiger charge is -2.48. The molecule has 5 heterocycles. The van der Waals surface area contributed by atoms with Gasteiger partial charge in [-0.25, -0.2) is 14.8 Å². The Morgan fingerprint density at radius 3 is 2.66 bits per heavy atom. The fraction of sp³-hybridized carbons (Fsp3) is 0.316. The van der Waals surface area contributed by atoms with E-state index in [0.717, 1.165) is 78.1 Å². The number of carbonyl (C=O) groups excluding carboxylic acids is 2. The summed E-state index contributed by atoms with van der Waals surface area (Å²) in [5, 5.41) is 16.8. The predicted octanol–water partition coefficient (Wildman–Crippen LogP) is 5.62. The number of anilines is 1. The van der Waals surface area contributed by atoms with Crippen molar-refractivity contribution in [2.45, 2.75) is 44.8 Å². The highest BCUT2D eigenvalue weighted by Gasteiger charge is 2.46. The Balaban J connectivity index is 1.05. The summed E-state index contributed by atoms with van der Waals surface area (Å²) in [6.45, 7) is 5.92. The van der Waals surface area contributed by atoms with Crippen molar-refractivity contribution < 1.29 is 14.0 Å². The molecule has 2 aromatic heterocycles. The minimum absolute atomic E-state index is 0.0531. The van der Waals surface area contributed by atoms with Gasteiger partial charge < -0.3 is 24.5 Å². The first-order valence-corrected chi connectivity index (χ1v) is 17.0. The maximum absolute atomic E-state index is 13.4. The maximum atomic E-state index is 13.4. The summed E-state index contributed by atoms with van der Waals surface area (Å²) in [6.07, 6.45) is 2.51. The molecule has 1 spiro atoms. The van der Waals surface area contributed by atoms with E-state index in [2.05, 4.69) is 31.5 Å². The van der Waals surface area contributed by atoms with Crippen LogP contribution in [0, 0.1) is 18.3 Å². The SMILES string of the molecule is Cc1c(-c2nc3cc(CN4CC5(CCC(=C=O)N5)C4)cc(C#N)c3o2)cccc1-c1cccc(NC(=O)c2nc3c(n2C)CCN(C)C3)c1Cl. The zero-order chi connectivity index (χ0) is 34.7. The molecule has 8 rings (SSSR count). The van der Waals surface area contributed by atoms with E-state index in [4.69, 9.17) is 21.0 Å². The van der Waals surface area contributed by atoms with Crippen molar-refractivity contribution in [3.63, 3.8) is 0 Å². The molecule has 3 aliphatic heterocycles. The third-order valence-corrected chi connectivity index (χ3v) is 10.7. The Bertz CT molecular complexity index is 2300. The maximum Gasteiger partial charge on any atom is 0.291 e. The van der Waals surface area contributed by atoms with Gasteiger partial charge in [-0.2, -0.15) is 5.26 Å². The Morgan fingerprint density at radius 1 is 1.10 bits per heavy atom. The summed E-state index contributed by atoms with van der Waals surface area (Å²) in [5.41, 5.74) is 8.83. The van der Waals surface area contributed by atoms with Gasteiger partial charge in [0.1, 0.15) is 17.5 Å². The monoisotopic (exact) mass is 686 g/mol. The van der Waals surface area contributed by atoms with E-state index < -0.39 is 0 Å². The number of halogens is 1. The van der Waals surface area contributed by atoms with Crippen molar-refractivity contribution in [2.24, 2.45) is 7.05 Å². The van der Waals surface area contributed by atoms with E-state index in [1.54, 1.807) is 6.07 Å². The summed E-state index contributed by atoms with van der Waals surface area (Å²) < 4.78 is 8.13. The molecular weight excluding hydrogens is 652 g/mol. The Morgan fingerprint density at radius 2 is 1.88 bits per heavy atom. The molecule has 5 aromatic rings. The number of amides is 1. The lowest BCUT2D eigenvalue weighted by atomic mass is 9.88. The summed E-state index contributed by atoms with van der Waals surface area (Å²) in [4.78, 5) is 38.5. The molecule has 2 N–H and O–H groups in total. The topological polar surface area (TPSA) is 132 Å². The van der Waals surface area contributed by atoms with E-state index in [-0.39, 0.29) is 11.4 Å². The number of likely N-dealkylation sites (N-methyl/N-ethyl adjacent to an activating group) is 1. The van der Waals surface area contributed by atoms with Gasteiger partial charge >= 0.3 is 0 Å². The van der Waals surface area contributed by atoms with Crippen LogP contribution in [0.4, 0.5) is 5.69 Å². The van der Waals surface area contributed by atoms with Gasteiger partial charge in [-0.05, 0) is 61.3 Å². The van der Waals surface area contributed by atoms with Crippen molar-refractivity contribution in [2.75, 3.05) is 32.0 Å². The minimum atomic E-state index is -0.318. The largest absolute Gasteiger partial charge is 0.435 e. The number of aromatic nitrogens is 3. The molecule has 12 heteroatoms. The van der Waals surface area contributed by atoms with Crippen LogP contribution in [-0.4, -0.2) is 68.4 Å². The molecule has 11 nitrogen and oxygen atoms in total. The molecule has 0 aliphatic carbocycles. The van der Waals surface area contributed by atoms with Gasteiger partial charge in [0.25, 0.3) is 5.91 Å². The Labute approximate surface area is 294 Å². The smallest absolute Gasteiger partial charge is 0.291 e. The van der Waals surface area contributed by atoms with Crippen LogP contribution in [0.25, 0.3) is 33.7 Å². The molecule has 0 bridgehead atoms. The number of nitrogens with zero attached hydrogens (tertiary/aromatic N) is 6. The quantitative estimate of drug-likeness (QED) is 0.218. The summed E-state index contributed by atoms with van der Waals surface area (Å²) in [6, 6.07) is 17.5. The van der Waals surface area contributed by atoms with Crippen LogP contribution >= 0.6 is 11.6 Å². The van der Waals surface area contributed by atoms with Crippen LogP contribution in [0.3, 0.4) is 0 Å². The second-order valence-corrected chi connectivity index (χ2v) is 14.1. The first kappa shape index (κ1) is 32.0. The highest BCUT2D eigenvalue weighted by atomic mass is 35.5. The standard InChI is InChI=1S/C38H35ClN8O3/c1-22-26(28-8-5-9-29(33(28)39)42-36(49)35-41-31-18-45(2)13-11-32(31)46(35)3)6-4-7-27(22)37-43-30-15-23(14-24(16-40)34(30)50-37)17-47-20-38(21-47)12-10-25(19-48)44-38/h4-9,14-15,44H,10-13,17-18,20-21H2,1-3H3,(H,42,49). The lowest BCUT2D eigenvalue weighted by Crippen LogP contribution is -2.65. The normalized spacial score (nSPS) is 16.9. The highest BCUT2D eigenvalue weighted by molar-refractivity contribution is 6.36. The number of oxazole rings is 1. The third kappa shape index (κ3) is 5.47. The average molecular weight is 687 g/mol. The molecule has 3 aromatic carbocycles. The minimum Gasteiger partial charge on any atom is -0.435 e. The molecule has 3 aliphatic rings. The highest BCUT2D eigenvalue weighted by Crippen LogP contribution is 2.40. The van der Waals surface area contributed by atoms with Crippen molar-refractivity contribution in [1.29, 1.82) is 5.26 Å². The van der Waals surface area contributed by atoms with Crippen molar-refractivity contribution >= 4 is 40.2 Å². The van der Waals surface area contributed by atoms with Gasteiger partial charge in [0.05, 0.1) is 33.2 Å². The van der Waals surface area contributed by atoms with Crippen molar-refractivity contribution in [3.05, 3.63) is 93.2 Å². The predicted molar refractivity (Wildman–Crippen MR) is 190 cm³/mol. The van der Waals surface area contributed by atoms with E-state index >= 15 is 0 Å². The summed E-state index contributed by atoms with van der Waals surface area (Å²) in [7, 11) is 3.93. The van der Waals surface area contributed by atoms with Gasteiger partial charge in [-0.1, -0.05) is 35.9 Å². The Hall–Kier alpha value is -5.24. The fourth-order valence-electron chi connectivity index (χ4n) is 7.72. The van der Waals surface area contributed by atoms with Gasteiger partial charge in [-0.15, -0.1) is 0 Å². The first-order chi connectivity index (χ1) is 24.1. The zero-order valence-electron chi connectivity index (χ0n) is 28.1. The molecule has 0 radical (unpaired) electrons. The van der Waals surface area contributed by atoms with E-state index in [0.29, 0.717) is 57.9 Å². The second kappa shape index (κ2) is 12.3. The van der Waals surface area contributed by atoms with Gasteiger partial charge in [0.2, 0.25) is 5.89 Å². The second-order valence-electron chi connectivity index (χ2n) is 13.7. The van der Waals surface area contributed by atoms with Gasteiger partial charge in [-0.3, -0.25) is 9.69 Å². The van der Waals surface area contributed by atoms with Crippen molar-refractivity contribution in [3.8, 4) is 28.7 Å². The average Bonchev–Trinajstić information content (AvgIpc) is 3.81. The molecular formula is C38H35ClN8O3. The fourth-order valence-corrected chi connectivity index (χ4v) is 7.99. The number of nitrogens with one attached hydrogen (secondary N) is 2. The van der Waals surface area contributed by atoms with Crippen LogP contribution in [-0.2, 0) is 31.4 Å². The number of likely N-dealkylation sites (tertiary alicyclic amines) is 1. The molecule has 0 atom stereocenters. The van der Waals surface area contributed by atoms with E-state index in [9.17, 15) is 14.9 Å². The number of benzene rings is 3. The summed E-state index contributed by atoms with van der Waals surface area (Å²) >= 11 is 6.99. The van der Waals surface area contributed by atoms with Crippen LogP contribution < -0.4 is 10.6 Å². The van der Waals surface area contributed by atoms with Crippen LogP contribution in [0.1, 0.15) is 51.5 Å². The molecule has 2 fully saturated rings. The lowest BCUT2D eigenvalue weighted by molar-refractivity contribution is 0.0509. The van der Waals surface area contributed by atoms with Crippen LogP contribution in [0.5, 0.6) is 0 Å². The number of carbonyl (C=O) groups is 1. The molecule has 0 saturated carbocycles. The number of nitriles is 1. The molecule has 2 saturated heterocycles. The van der Waals surface area contributed by atoms with Gasteiger partial charge in [0.15, 0.2) is 11.4 Å². The first-order valence-electron chi connectivity index (χ1n) is 16.7. The van der Waals surface area contributed by atoms with Crippen molar-refractivity contribution in [1.82, 2.24) is 29.7 Å². The molecule has 1 amide bonds. The number of hydrogen-bond donors (Lipinski definition) is 2. The third-order valence-electron chi connectivity index (χ3n) is 10.3. The number of fused-ring (bicyclic) bond motifs is 2. The van der Waals surface area contributed by atoms with Crippen LogP contribution in [0.15, 0.2) is 58.6 Å². The molecule has 252 valence electrons. The molecule has 0 unspecified atom stereocenters. The van der Waals surface area contributed by atoms with Crippen LogP contribution in [0.2, 0.25) is 5.02 Å². The number of allylic oxidation sites excluding steroid dienone is 1. The molecule has 50 heavy (non-hydrogen) atoms. The number of imidazole rings is 1. The van der Waals surface area contributed by atoms with E-state index in [1.165, 1.54) is 0 Å².